The Morgan fingerprint density at radius 2 is 1.83 bits per heavy atom. The Morgan fingerprint density at radius 1 is 1.03 bits per heavy atom. The van der Waals surface area contributed by atoms with Crippen LogP contribution in [0.1, 0.15) is 34.9 Å². The Kier molecular flexibility index (Phi) is 6.31. The third kappa shape index (κ3) is 4.80. The van der Waals surface area contributed by atoms with Gasteiger partial charge in [-0.05, 0) is 67.8 Å². The molecule has 1 aromatic heterocycles. The highest BCUT2D eigenvalue weighted by Gasteiger charge is 2.35. The van der Waals surface area contributed by atoms with Crippen LogP contribution in [0.3, 0.4) is 0 Å². The molecule has 1 N–H and O–H groups in total. The maximum absolute atomic E-state index is 13.0. The van der Waals surface area contributed by atoms with Crippen LogP contribution in [0.15, 0.2) is 66.7 Å². The lowest BCUT2D eigenvalue weighted by atomic mass is 10.1. The van der Waals surface area contributed by atoms with Gasteiger partial charge in [-0.2, -0.15) is 0 Å². The maximum Gasteiger partial charge on any atom is 0.227 e. The number of hydrogen-bond acceptors (Lipinski definition) is 4. The third-order valence-corrected chi connectivity index (χ3v) is 6.66. The van der Waals surface area contributed by atoms with Gasteiger partial charge < -0.3 is 19.3 Å². The number of aliphatic hydroxyl groups is 1. The number of hydrogen-bond donors (Lipinski definition) is 1. The monoisotopic (exact) mass is 469 g/mol. The Morgan fingerprint density at radius 3 is 2.66 bits per heavy atom. The molecular weight excluding hydrogens is 438 g/mol. The van der Waals surface area contributed by atoms with Crippen molar-refractivity contribution in [2.75, 3.05) is 18.1 Å². The first-order valence-corrected chi connectivity index (χ1v) is 12.1. The quantitative estimate of drug-likeness (QED) is 0.417. The van der Waals surface area contributed by atoms with E-state index in [1.54, 1.807) is 0 Å². The zero-order valence-electron chi connectivity index (χ0n) is 20.4. The third-order valence-electron chi connectivity index (χ3n) is 6.66. The van der Waals surface area contributed by atoms with Crippen LogP contribution >= 0.6 is 0 Å². The van der Waals surface area contributed by atoms with Gasteiger partial charge in [-0.25, -0.2) is 4.98 Å². The molecule has 2 heterocycles. The highest BCUT2D eigenvalue weighted by atomic mass is 16.5. The van der Waals surface area contributed by atoms with Gasteiger partial charge in [0.1, 0.15) is 24.3 Å². The van der Waals surface area contributed by atoms with Gasteiger partial charge in [-0.3, -0.25) is 4.79 Å². The summed E-state index contributed by atoms with van der Waals surface area (Å²) in [5.41, 5.74) is 6.02. The number of benzene rings is 3. The van der Waals surface area contributed by atoms with E-state index in [0.29, 0.717) is 19.5 Å². The smallest absolute Gasteiger partial charge is 0.227 e. The van der Waals surface area contributed by atoms with Crippen molar-refractivity contribution in [3.05, 3.63) is 89.2 Å². The van der Waals surface area contributed by atoms with E-state index in [-0.39, 0.29) is 18.4 Å². The molecule has 6 heteroatoms. The predicted molar refractivity (Wildman–Crippen MR) is 138 cm³/mol. The second-order valence-corrected chi connectivity index (χ2v) is 9.55. The molecular formula is C29H31N3O3. The summed E-state index contributed by atoms with van der Waals surface area (Å²) in [7, 11) is 0. The Bertz CT molecular complexity index is 1380. The average Bonchev–Trinajstić information content (AvgIpc) is 3.40. The zero-order valence-corrected chi connectivity index (χ0v) is 20.4. The standard InChI is InChI=1S/C29H31N3O3/c1-19-7-6-8-23(13-19)31-16-22(15-28(31)34)29-30-25-9-4-5-10-26(25)32(29)17-24(33)18-35-27-14-20(2)11-12-21(27)3/h4-14,22,24,33H,15-18H2,1-3H3. The van der Waals surface area contributed by atoms with Gasteiger partial charge in [-0.1, -0.05) is 36.4 Å². The van der Waals surface area contributed by atoms with Crippen molar-refractivity contribution >= 4 is 22.6 Å². The Labute approximate surface area is 205 Å². The number of ether oxygens (including phenoxy) is 1. The van der Waals surface area contributed by atoms with Crippen LogP contribution < -0.4 is 9.64 Å². The van der Waals surface area contributed by atoms with E-state index < -0.39 is 6.10 Å². The molecule has 6 nitrogen and oxygen atoms in total. The molecule has 0 aliphatic carbocycles. The van der Waals surface area contributed by atoms with Crippen LogP contribution in [0.5, 0.6) is 5.75 Å². The second kappa shape index (κ2) is 9.55. The Hall–Kier alpha value is -3.64. The van der Waals surface area contributed by atoms with E-state index in [0.717, 1.165) is 45.0 Å². The zero-order chi connectivity index (χ0) is 24.5. The SMILES string of the molecule is Cc1cccc(N2CC(c3nc4ccccc4n3CC(O)COc3cc(C)ccc3C)CC2=O)c1. The number of carbonyl (C=O) groups is 1. The highest BCUT2D eigenvalue weighted by molar-refractivity contribution is 5.96. The van der Waals surface area contributed by atoms with Crippen LogP contribution in [0, 0.1) is 20.8 Å². The maximum atomic E-state index is 13.0. The molecule has 0 bridgehead atoms. The number of fused-ring (bicyclic) bond motifs is 1. The van der Waals surface area contributed by atoms with Crippen molar-refractivity contribution < 1.29 is 14.6 Å². The number of nitrogens with zero attached hydrogens (tertiary/aromatic N) is 3. The molecule has 0 spiro atoms. The number of anilines is 1. The van der Waals surface area contributed by atoms with Crippen LogP contribution in [-0.2, 0) is 11.3 Å². The van der Waals surface area contributed by atoms with Gasteiger partial charge in [0.2, 0.25) is 5.91 Å². The number of para-hydroxylation sites is 2. The van der Waals surface area contributed by atoms with Crippen LogP contribution in [0.25, 0.3) is 11.0 Å². The number of aryl methyl sites for hydroxylation is 3. The van der Waals surface area contributed by atoms with Crippen molar-refractivity contribution in [3.8, 4) is 5.75 Å². The second-order valence-electron chi connectivity index (χ2n) is 9.55. The Balaban J connectivity index is 1.39. The summed E-state index contributed by atoms with van der Waals surface area (Å²) in [6.07, 6.45) is -0.331. The topological polar surface area (TPSA) is 67.6 Å². The van der Waals surface area contributed by atoms with E-state index >= 15 is 0 Å². The van der Waals surface area contributed by atoms with Crippen LogP contribution in [-0.4, -0.2) is 39.8 Å². The summed E-state index contributed by atoms with van der Waals surface area (Å²) < 4.78 is 8.02. The van der Waals surface area contributed by atoms with Gasteiger partial charge in [0.25, 0.3) is 0 Å². The van der Waals surface area contributed by atoms with Crippen molar-refractivity contribution in [3.63, 3.8) is 0 Å². The minimum atomic E-state index is -0.726. The molecule has 2 atom stereocenters. The fourth-order valence-electron chi connectivity index (χ4n) is 4.84. The first-order chi connectivity index (χ1) is 16.9. The fourth-order valence-corrected chi connectivity index (χ4v) is 4.84. The van der Waals surface area contributed by atoms with Crippen molar-refractivity contribution in [2.45, 2.75) is 45.8 Å². The molecule has 5 rings (SSSR count). The summed E-state index contributed by atoms with van der Waals surface area (Å²) in [5, 5.41) is 10.9. The first kappa shape index (κ1) is 23.1. The molecule has 1 aliphatic heterocycles. The number of aromatic nitrogens is 2. The van der Waals surface area contributed by atoms with E-state index in [2.05, 4.69) is 4.57 Å². The van der Waals surface area contributed by atoms with Crippen molar-refractivity contribution in [2.24, 2.45) is 0 Å². The molecule has 1 saturated heterocycles. The molecule has 3 aromatic carbocycles. The number of amides is 1. The number of imidazole rings is 1. The number of aliphatic hydroxyl groups excluding tert-OH is 1. The molecule has 1 aliphatic rings. The van der Waals surface area contributed by atoms with Gasteiger partial charge in [-0.15, -0.1) is 0 Å². The molecule has 0 saturated carbocycles. The lowest BCUT2D eigenvalue weighted by molar-refractivity contribution is -0.117. The van der Waals surface area contributed by atoms with Gasteiger partial charge >= 0.3 is 0 Å². The minimum Gasteiger partial charge on any atom is -0.491 e. The summed E-state index contributed by atoms with van der Waals surface area (Å²) in [4.78, 5) is 19.7. The predicted octanol–water partition coefficient (Wildman–Crippen LogP) is 4.92. The van der Waals surface area contributed by atoms with E-state index in [9.17, 15) is 9.90 Å². The van der Waals surface area contributed by atoms with Gasteiger partial charge in [0, 0.05) is 24.6 Å². The van der Waals surface area contributed by atoms with Crippen LogP contribution in [0.4, 0.5) is 5.69 Å². The fraction of sp³-hybridized carbons (Fsp3) is 0.310. The number of rotatable bonds is 7. The molecule has 180 valence electrons. The summed E-state index contributed by atoms with van der Waals surface area (Å²) >= 11 is 0. The highest BCUT2D eigenvalue weighted by Crippen LogP contribution is 2.33. The molecule has 4 aromatic rings. The number of carbonyl (C=O) groups excluding carboxylic acids is 1. The van der Waals surface area contributed by atoms with Crippen LogP contribution in [0.2, 0.25) is 0 Å². The van der Waals surface area contributed by atoms with E-state index in [1.807, 2.05) is 92.4 Å². The summed E-state index contributed by atoms with van der Waals surface area (Å²) in [5.74, 6) is 1.66. The normalized spacial score (nSPS) is 16.7. The van der Waals surface area contributed by atoms with Gasteiger partial charge in [0.15, 0.2) is 0 Å². The largest absolute Gasteiger partial charge is 0.491 e. The summed E-state index contributed by atoms with van der Waals surface area (Å²) in [6, 6.07) is 22.0. The molecule has 35 heavy (non-hydrogen) atoms. The lowest BCUT2D eigenvalue weighted by Crippen LogP contribution is -2.26. The van der Waals surface area contributed by atoms with E-state index in [4.69, 9.17) is 9.72 Å². The van der Waals surface area contributed by atoms with Crippen molar-refractivity contribution in [1.82, 2.24) is 9.55 Å². The molecule has 0 radical (unpaired) electrons. The molecule has 2 unspecified atom stereocenters. The van der Waals surface area contributed by atoms with Gasteiger partial charge in [0.05, 0.1) is 17.6 Å². The average molecular weight is 470 g/mol. The summed E-state index contributed by atoms with van der Waals surface area (Å²) in [6.45, 7) is 7.14. The first-order valence-electron chi connectivity index (χ1n) is 12.1. The molecule has 1 fully saturated rings. The molecule has 1 amide bonds. The van der Waals surface area contributed by atoms with E-state index in [1.165, 1.54) is 0 Å². The minimum absolute atomic E-state index is 0.0532. The van der Waals surface area contributed by atoms with Crippen molar-refractivity contribution in [1.29, 1.82) is 0 Å². The lowest BCUT2D eigenvalue weighted by Gasteiger charge is -2.19.